The number of anilines is 1. The predicted octanol–water partition coefficient (Wildman–Crippen LogP) is 2.80. The summed E-state index contributed by atoms with van der Waals surface area (Å²) in [5.41, 5.74) is 1.50. The predicted molar refractivity (Wildman–Crippen MR) is 82.8 cm³/mol. The highest BCUT2D eigenvalue weighted by atomic mass is 16.7. The number of benzene rings is 2. The number of hydrogen-bond acceptors (Lipinski definition) is 5. The second kappa shape index (κ2) is 5.57. The summed E-state index contributed by atoms with van der Waals surface area (Å²) in [6.45, 7) is 0.434. The van der Waals surface area contributed by atoms with Crippen molar-refractivity contribution in [3.8, 4) is 23.0 Å². The third kappa shape index (κ3) is 2.78. The first-order valence-corrected chi connectivity index (χ1v) is 7.06. The Hall–Kier alpha value is -3.15. The second-order valence-corrected chi connectivity index (χ2v) is 5.00. The number of carbonyl (C=O) groups is 1. The number of ether oxygens (including phenoxy) is 4. The molecule has 0 bridgehead atoms. The van der Waals surface area contributed by atoms with Gasteiger partial charge in [-0.2, -0.15) is 0 Å². The van der Waals surface area contributed by atoms with Crippen LogP contribution in [-0.2, 0) is 4.79 Å². The highest BCUT2D eigenvalue weighted by Crippen LogP contribution is 2.34. The molecule has 0 saturated heterocycles. The van der Waals surface area contributed by atoms with Gasteiger partial charge < -0.3 is 24.3 Å². The van der Waals surface area contributed by atoms with Gasteiger partial charge >= 0.3 is 0 Å². The van der Waals surface area contributed by atoms with Gasteiger partial charge in [0.1, 0.15) is 0 Å². The molecule has 2 heterocycles. The van der Waals surface area contributed by atoms with Crippen molar-refractivity contribution in [1.29, 1.82) is 0 Å². The summed E-state index contributed by atoms with van der Waals surface area (Å²) in [6, 6.07) is 10.8. The van der Waals surface area contributed by atoms with Crippen LogP contribution in [0, 0.1) is 0 Å². The highest BCUT2D eigenvalue weighted by Gasteiger charge is 2.14. The van der Waals surface area contributed by atoms with Gasteiger partial charge in [-0.25, -0.2) is 0 Å². The third-order valence-corrected chi connectivity index (χ3v) is 3.46. The number of hydrogen-bond donors (Lipinski definition) is 1. The Morgan fingerprint density at radius 2 is 1.52 bits per heavy atom. The Balaban J connectivity index is 1.43. The van der Waals surface area contributed by atoms with E-state index in [1.165, 1.54) is 6.08 Å². The minimum atomic E-state index is -0.235. The molecule has 4 rings (SSSR count). The molecular weight excluding hydrogens is 298 g/mol. The van der Waals surface area contributed by atoms with Gasteiger partial charge in [0.25, 0.3) is 0 Å². The number of nitrogens with one attached hydrogen (secondary N) is 1. The van der Waals surface area contributed by atoms with E-state index in [1.54, 1.807) is 24.3 Å². The molecule has 0 saturated carbocycles. The molecule has 23 heavy (non-hydrogen) atoms. The lowest BCUT2D eigenvalue weighted by molar-refractivity contribution is -0.111. The summed E-state index contributed by atoms with van der Waals surface area (Å²) in [5.74, 6) is 2.47. The molecule has 0 atom stereocenters. The van der Waals surface area contributed by atoms with Gasteiger partial charge in [0.05, 0.1) is 0 Å². The van der Waals surface area contributed by atoms with Gasteiger partial charge in [-0.05, 0) is 35.9 Å². The van der Waals surface area contributed by atoms with Crippen molar-refractivity contribution < 1.29 is 23.7 Å². The molecule has 2 aliphatic rings. The molecule has 0 radical (unpaired) electrons. The molecular formula is C17H13NO5. The Morgan fingerprint density at radius 1 is 0.870 bits per heavy atom. The van der Waals surface area contributed by atoms with Crippen LogP contribution in [0.2, 0.25) is 0 Å². The zero-order valence-electron chi connectivity index (χ0n) is 12.1. The highest BCUT2D eigenvalue weighted by molar-refractivity contribution is 6.02. The van der Waals surface area contributed by atoms with Gasteiger partial charge in [0.15, 0.2) is 23.0 Å². The lowest BCUT2D eigenvalue weighted by Gasteiger charge is -2.03. The molecule has 2 aliphatic heterocycles. The molecule has 1 amide bonds. The monoisotopic (exact) mass is 311 g/mol. The molecule has 0 spiro atoms. The molecule has 2 aromatic carbocycles. The smallest absolute Gasteiger partial charge is 0.248 e. The molecule has 116 valence electrons. The van der Waals surface area contributed by atoms with Crippen LogP contribution in [0.3, 0.4) is 0 Å². The van der Waals surface area contributed by atoms with E-state index in [0.717, 1.165) is 5.56 Å². The van der Waals surface area contributed by atoms with E-state index in [9.17, 15) is 4.79 Å². The van der Waals surface area contributed by atoms with Crippen molar-refractivity contribution in [1.82, 2.24) is 0 Å². The van der Waals surface area contributed by atoms with E-state index in [-0.39, 0.29) is 19.5 Å². The fraction of sp³-hybridized carbons (Fsp3) is 0.118. The van der Waals surface area contributed by atoms with Crippen molar-refractivity contribution in [3.05, 3.63) is 48.0 Å². The Kier molecular flexibility index (Phi) is 3.27. The van der Waals surface area contributed by atoms with Crippen molar-refractivity contribution in [2.45, 2.75) is 0 Å². The number of amides is 1. The molecule has 6 heteroatoms. The SMILES string of the molecule is O=C(/C=C\c1ccc2c(c1)OCO2)Nc1ccc2c(c1)OCO2. The zero-order valence-corrected chi connectivity index (χ0v) is 12.1. The Bertz CT molecular complexity index is 800. The first kappa shape index (κ1) is 13.5. The quantitative estimate of drug-likeness (QED) is 0.883. The summed E-state index contributed by atoms with van der Waals surface area (Å²) in [5, 5.41) is 2.78. The fourth-order valence-electron chi connectivity index (χ4n) is 2.35. The van der Waals surface area contributed by atoms with Crippen molar-refractivity contribution in [2.75, 3.05) is 18.9 Å². The van der Waals surface area contributed by atoms with Crippen LogP contribution in [-0.4, -0.2) is 19.5 Å². The fourth-order valence-corrected chi connectivity index (χ4v) is 2.35. The summed E-state index contributed by atoms with van der Waals surface area (Å²) >= 11 is 0. The zero-order chi connectivity index (χ0) is 15.6. The first-order chi connectivity index (χ1) is 11.3. The standard InChI is InChI=1S/C17H13NO5/c19-17(18-12-3-5-14-16(8-12)23-10-21-14)6-2-11-1-4-13-15(7-11)22-9-20-13/h1-8H,9-10H2,(H,18,19)/b6-2-. The van der Waals surface area contributed by atoms with Crippen LogP contribution in [0.15, 0.2) is 42.5 Å². The van der Waals surface area contributed by atoms with Crippen LogP contribution in [0.5, 0.6) is 23.0 Å². The Morgan fingerprint density at radius 3 is 2.30 bits per heavy atom. The van der Waals surface area contributed by atoms with Crippen LogP contribution < -0.4 is 24.3 Å². The second-order valence-electron chi connectivity index (χ2n) is 5.00. The molecule has 1 N–H and O–H groups in total. The number of rotatable bonds is 3. The average Bonchev–Trinajstić information content (AvgIpc) is 3.20. The van der Waals surface area contributed by atoms with Gasteiger partial charge in [0, 0.05) is 17.8 Å². The number of fused-ring (bicyclic) bond motifs is 2. The van der Waals surface area contributed by atoms with E-state index in [1.807, 2.05) is 18.2 Å². The maximum Gasteiger partial charge on any atom is 0.248 e. The van der Waals surface area contributed by atoms with Crippen molar-refractivity contribution in [3.63, 3.8) is 0 Å². The summed E-state index contributed by atoms with van der Waals surface area (Å²) in [6.07, 6.45) is 3.17. The molecule has 0 aromatic heterocycles. The van der Waals surface area contributed by atoms with Crippen LogP contribution >= 0.6 is 0 Å². The molecule has 0 aliphatic carbocycles. The van der Waals surface area contributed by atoms with Crippen molar-refractivity contribution in [2.24, 2.45) is 0 Å². The number of carbonyl (C=O) groups excluding carboxylic acids is 1. The van der Waals surface area contributed by atoms with E-state index in [2.05, 4.69) is 5.32 Å². The molecule has 0 unspecified atom stereocenters. The van der Waals surface area contributed by atoms with E-state index in [4.69, 9.17) is 18.9 Å². The molecule has 2 aromatic rings. The first-order valence-electron chi connectivity index (χ1n) is 7.06. The van der Waals surface area contributed by atoms with Gasteiger partial charge in [0.2, 0.25) is 19.5 Å². The molecule has 0 fully saturated rings. The normalized spacial score (nSPS) is 14.3. The summed E-state index contributed by atoms with van der Waals surface area (Å²) in [7, 11) is 0. The third-order valence-electron chi connectivity index (χ3n) is 3.46. The lowest BCUT2D eigenvalue weighted by Crippen LogP contribution is -2.07. The lowest BCUT2D eigenvalue weighted by atomic mass is 10.2. The molecule has 6 nitrogen and oxygen atoms in total. The van der Waals surface area contributed by atoms with Gasteiger partial charge in [-0.15, -0.1) is 0 Å². The van der Waals surface area contributed by atoms with Crippen LogP contribution in [0.25, 0.3) is 6.08 Å². The van der Waals surface area contributed by atoms with E-state index >= 15 is 0 Å². The maximum absolute atomic E-state index is 12.0. The van der Waals surface area contributed by atoms with Gasteiger partial charge in [-0.3, -0.25) is 4.79 Å². The largest absolute Gasteiger partial charge is 0.454 e. The topological polar surface area (TPSA) is 66.0 Å². The summed E-state index contributed by atoms with van der Waals surface area (Å²) in [4.78, 5) is 12.0. The average molecular weight is 311 g/mol. The summed E-state index contributed by atoms with van der Waals surface area (Å²) < 4.78 is 21.1. The minimum absolute atomic E-state index is 0.205. The van der Waals surface area contributed by atoms with Crippen LogP contribution in [0.1, 0.15) is 5.56 Å². The Labute approximate surface area is 132 Å². The van der Waals surface area contributed by atoms with Gasteiger partial charge in [-0.1, -0.05) is 6.07 Å². The van der Waals surface area contributed by atoms with E-state index in [0.29, 0.717) is 28.7 Å². The maximum atomic E-state index is 12.0. The van der Waals surface area contributed by atoms with Crippen LogP contribution in [0.4, 0.5) is 5.69 Å². The van der Waals surface area contributed by atoms with Crippen molar-refractivity contribution >= 4 is 17.7 Å². The van der Waals surface area contributed by atoms with E-state index < -0.39 is 0 Å². The minimum Gasteiger partial charge on any atom is -0.454 e.